The van der Waals surface area contributed by atoms with E-state index < -0.39 is 46.3 Å². The van der Waals surface area contributed by atoms with E-state index in [0.29, 0.717) is 28.1 Å². The van der Waals surface area contributed by atoms with Crippen molar-refractivity contribution in [2.75, 3.05) is 14.1 Å². The Morgan fingerprint density at radius 2 is 1.46 bits per heavy atom. The predicted octanol–water partition coefficient (Wildman–Crippen LogP) is 3.12. The topological polar surface area (TPSA) is 123 Å². The summed E-state index contributed by atoms with van der Waals surface area (Å²) in [6, 6.07) is 10.9. The highest BCUT2D eigenvalue weighted by atomic mass is 32.2. The molecule has 0 saturated carbocycles. The first-order valence-electron chi connectivity index (χ1n) is 12.5. The SMILES string of the molecule is CC(C)c1c(S(=O)(=O)N(C)C)c(-c2ccc(F)cc2)c(-c2ccc(F)cc2)n1CC[C@@H](O)C[C@@H](O)CC(=O)[O-]. The molecule has 3 rings (SSSR count). The first kappa shape index (κ1) is 30.4. The molecule has 0 spiro atoms. The number of nitrogens with zero attached hydrogens (tertiary/aromatic N) is 2. The highest BCUT2D eigenvalue weighted by Crippen LogP contribution is 2.45. The third-order valence-corrected chi connectivity index (χ3v) is 8.32. The number of carbonyl (C=O) groups excluding carboxylic acids is 1. The van der Waals surface area contributed by atoms with Crippen LogP contribution in [0.4, 0.5) is 8.78 Å². The molecular weight excluding hydrogens is 530 g/mol. The van der Waals surface area contributed by atoms with Gasteiger partial charge in [-0.05, 0) is 66.3 Å². The fraction of sp³-hybridized carbons (Fsp3) is 0.393. The van der Waals surface area contributed by atoms with Crippen LogP contribution in [0, 0.1) is 11.6 Å². The number of hydrogen-bond acceptors (Lipinski definition) is 6. The second-order valence-electron chi connectivity index (χ2n) is 9.95. The Kier molecular flexibility index (Phi) is 9.65. The van der Waals surface area contributed by atoms with Crippen LogP contribution in [-0.2, 0) is 21.4 Å². The number of aliphatic carboxylic acids is 1. The molecule has 2 atom stereocenters. The van der Waals surface area contributed by atoms with E-state index in [4.69, 9.17) is 0 Å². The minimum Gasteiger partial charge on any atom is -0.550 e. The Balaban J connectivity index is 2.31. The van der Waals surface area contributed by atoms with E-state index in [1.54, 1.807) is 4.57 Å². The molecule has 1 heterocycles. The van der Waals surface area contributed by atoms with Crippen molar-refractivity contribution in [3.63, 3.8) is 0 Å². The molecule has 0 radical (unpaired) electrons. The van der Waals surface area contributed by atoms with E-state index in [1.807, 2.05) is 13.8 Å². The van der Waals surface area contributed by atoms with Crippen LogP contribution in [0.15, 0.2) is 53.4 Å². The van der Waals surface area contributed by atoms with Crippen molar-refractivity contribution in [2.45, 2.75) is 62.7 Å². The maximum absolute atomic E-state index is 13.9. The second kappa shape index (κ2) is 12.4. The van der Waals surface area contributed by atoms with Crippen molar-refractivity contribution in [3.8, 4) is 22.4 Å². The highest BCUT2D eigenvalue weighted by molar-refractivity contribution is 7.89. The zero-order valence-corrected chi connectivity index (χ0v) is 23.1. The van der Waals surface area contributed by atoms with Gasteiger partial charge in [-0.1, -0.05) is 26.0 Å². The average molecular weight is 564 g/mol. The summed E-state index contributed by atoms with van der Waals surface area (Å²) in [5.74, 6) is -2.75. The summed E-state index contributed by atoms with van der Waals surface area (Å²) in [6.07, 6.45) is -3.21. The van der Waals surface area contributed by atoms with Crippen LogP contribution in [0.3, 0.4) is 0 Å². The number of hydrogen-bond donors (Lipinski definition) is 2. The van der Waals surface area contributed by atoms with Gasteiger partial charge in [0.05, 0.1) is 17.9 Å². The normalized spacial score (nSPS) is 13.7. The lowest BCUT2D eigenvalue weighted by atomic mass is 10.00. The summed E-state index contributed by atoms with van der Waals surface area (Å²) in [4.78, 5) is 10.8. The summed E-state index contributed by atoms with van der Waals surface area (Å²) in [7, 11) is -1.24. The number of carbonyl (C=O) groups is 1. The van der Waals surface area contributed by atoms with Gasteiger partial charge in [-0.2, -0.15) is 0 Å². The zero-order valence-electron chi connectivity index (χ0n) is 22.3. The van der Waals surface area contributed by atoms with Crippen molar-refractivity contribution >= 4 is 16.0 Å². The van der Waals surface area contributed by atoms with Gasteiger partial charge in [0, 0.05) is 44.3 Å². The Hall–Kier alpha value is -3.12. The van der Waals surface area contributed by atoms with Crippen molar-refractivity contribution in [1.82, 2.24) is 8.87 Å². The predicted molar refractivity (Wildman–Crippen MR) is 141 cm³/mol. The number of halogens is 2. The Labute approximate surface area is 227 Å². The van der Waals surface area contributed by atoms with Crippen molar-refractivity contribution in [1.29, 1.82) is 0 Å². The van der Waals surface area contributed by atoms with Crippen LogP contribution < -0.4 is 5.11 Å². The third-order valence-electron chi connectivity index (χ3n) is 6.43. The van der Waals surface area contributed by atoms with Gasteiger partial charge in [0.1, 0.15) is 16.5 Å². The fourth-order valence-corrected chi connectivity index (χ4v) is 6.09. The molecule has 0 bridgehead atoms. The lowest BCUT2D eigenvalue weighted by Gasteiger charge is -2.21. The van der Waals surface area contributed by atoms with Gasteiger partial charge in [0.15, 0.2) is 0 Å². The number of sulfonamides is 1. The Morgan fingerprint density at radius 1 is 0.949 bits per heavy atom. The minimum absolute atomic E-state index is 0.0138. The van der Waals surface area contributed by atoms with E-state index in [9.17, 15) is 37.3 Å². The van der Waals surface area contributed by atoms with Crippen molar-refractivity contribution in [2.24, 2.45) is 0 Å². The Bertz CT molecular complexity index is 1400. The van der Waals surface area contributed by atoms with Crippen LogP contribution >= 0.6 is 0 Å². The number of carboxylic acids is 1. The van der Waals surface area contributed by atoms with Crippen LogP contribution in [0.25, 0.3) is 22.4 Å². The van der Waals surface area contributed by atoms with Gasteiger partial charge in [0.2, 0.25) is 10.0 Å². The quantitative estimate of drug-likeness (QED) is 0.349. The van der Waals surface area contributed by atoms with E-state index in [-0.39, 0.29) is 30.2 Å². The number of aliphatic hydroxyl groups is 2. The van der Waals surface area contributed by atoms with E-state index in [0.717, 1.165) is 4.31 Å². The minimum atomic E-state index is -4.06. The van der Waals surface area contributed by atoms with Crippen LogP contribution in [0.5, 0.6) is 0 Å². The second-order valence-corrected chi connectivity index (χ2v) is 12.0. The molecule has 2 N–H and O–H groups in total. The first-order chi connectivity index (χ1) is 18.2. The maximum Gasteiger partial charge on any atom is 0.245 e. The summed E-state index contributed by atoms with van der Waals surface area (Å²) in [6.45, 7) is 3.74. The van der Waals surface area contributed by atoms with Crippen molar-refractivity contribution < 1.29 is 37.3 Å². The van der Waals surface area contributed by atoms with Gasteiger partial charge in [0.25, 0.3) is 0 Å². The molecule has 0 amide bonds. The zero-order chi connectivity index (χ0) is 29.1. The van der Waals surface area contributed by atoms with Crippen molar-refractivity contribution in [3.05, 3.63) is 65.9 Å². The van der Waals surface area contributed by atoms with E-state index in [2.05, 4.69) is 0 Å². The highest BCUT2D eigenvalue weighted by Gasteiger charge is 2.35. The fourth-order valence-electron chi connectivity index (χ4n) is 4.64. The molecular formula is C28H33F2N2O6S-. The summed E-state index contributed by atoms with van der Waals surface area (Å²) >= 11 is 0. The number of aromatic nitrogens is 1. The number of carboxylic acid groups (broad SMARTS) is 1. The summed E-state index contributed by atoms with van der Waals surface area (Å²) < 4.78 is 58.2. The van der Waals surface area contributed by atoms with Gasteiger partial charge < -0.3 is 24.7 Å². The number of rotatable bonds is 12. The van der Waals surface area contributed by atoms with Gasteiger partial charge >= 0.3 is 0 Å². The molecule has 39 heavy (non-hydrogen) atoms. The van der Waals surface area contributed by atoms with Crippen LogP contribution in [0.1, 0.15) is 44.7 Å². The third kappa shape index (κ3) is 6.91. The molecule has 8 nitrogen and oxygen atoms in total. The number of benzene rings is 2. The molecule has 1 aromatic heterocycles. The average Bonchev–Trinajstić information content (AvgIpc) is 3.19. The van der Waals surface area contributed by atoms with Crippen LogP contribution in [0.2, 0.25) is 0 Å². The largest absolute Gasteiger partial charge is 0.550 e. The lowest BCUT2D eigenvalue weighted by Crippen LogP contribution is -2.29. The van der Waals surface area contributed by atoms with Gasteiger partial charge in [-0.25, -0.2) is 21.5 Å². The number of aliphatic hydroxyl groups excluding tert-OH is 2. The monoisotopic (exact) mass is 563 g/mol. The lowest BCUT2D eigenvalue weighted by molar-refractivity contribution is -0.307. The smallest absolute Gasteiger partial charge is 0.245 e. The molecule has 3 aromatic rings. The van der Waals surface area contributed by atoms with Gasteiger partial charge in [-0.3, -0.25) is 0 Å². The van der Waals surface area contributed by atoms with E-state index in [1.165, 1.54) is 62.6 Å². The molecule has 0 aliphatic carbocycles. The summed E-state index contributed by atoms with van der Waals surface area (Å²) in [5, 5.41) is 31.3. The molecule has 0 fully saturated rings. The molecule has 0 aliphatic heterocycles. The Morgan fingerprint density at radius 3 is 1.92 bits per heavy atom. The molecule has 11 heteroatoms. The molecule has 0 aliphatic rings. The standard InChI is InChI=1S/C28H34F2N2O6S/c1-17(2)26-28(39(37,38)31(3)4)25(18-5-9-20(29)10-6-18)27(19-7-11-21(30)12-8-19)32(26)14-13-22(33)15-23(34)16-24(35)36/h5-12,17,22-23,33-34H,13-16H2,1-4H3,(H,35,36)/p-1/t22-,23-/m1/s1. The van der Waals surface area contributed by atoms with E-state index >= 15 is 0 Å². The summed E-state index contributed by atoms with van der Waals surface area (Å²) in [5.41, 5.74) is 2.12. The molecule has 212 valence electrons. The molecule has 0 saturated heterocycles. The first-order valence-corrected chi connectivity index (χ1v) is 13.9. The molecule has 0 unspecified atom stereocenters. The molecule has 2 aromatic carbocycles. The maximum atomic E-state index is 13.9. The van der Waals surface area contributed by atoms with Crippen LogP contribution in [-0.4, -0.2) is 59.8 Å². The van der Waals surface area contributed by atoms with Gasteiger partial charge in [-0.15, -0.1) is 0 Å².